The third kappa shape index (κ3) is 3.81. The molecule has 2 nitrogen and oxygen atoms in total. The highest BCUT2D eigenvalue weighted by molar-refractivity contribution is 6.20. The molecule has 0 fully saturated rings. The summed E-state index contributed by atoms with van der Waals surface area (Å²) in [5.41, 5.74) is 0.425. The molecule has 0 amide bonds. The van der Waals surface area contributed by atoms with Gasteiger partial charge in [-0.3, -0.25) is 4.79 Å². The van der Waals surface area contributed by atoms with E-state index in [2.05, 4.69) is 0 Å². The number of hydrogen-bond acceptors (Lipinski definition) is 2. The molecule has 0 saturated carbocycles. The average molecular weight is 245 g/mol. The predicted octanol–water partition coefficient (Wildman–Crippen LogP) is 3.45. The third-order valence-corrected chi connectivity index (χ3v) is 2.60. The molecule has 0 aromatic heterocycles. The van der Waals surface area contributed by atoms with Crippen LogP contribution in [0.25, 0.3) is 0 Å². The summed E-state index contributed by atoms with van der Waals surface area (Å²) in [5.74, 6) is -0.643. The van der Waals surface area contributed by atoms with Crippen LogP contribution in [-0.2, 0) is 9.53 Å². The largest absolute Gasteiger partial charge is 0.466 e. The lowest BCUT2D eigenvalue weighted by Crippen LogP contribution is -2.05. The molecule has 0 heterocycles. The lowest BCUT2D eigenvalue weighted by atomic mass is 10.1. The maximum absolute atomic E-state index is 13.3. The summed E-state index contributed by atoms with van der Waals surface area (Å²) in [6.45, 7) is 2.10. The van der Waals surface area contributed by atoms with Crippen molar-refractivity contribution in [2.24, 2.45) is 0 Å². The minimum atomic E-state index is -0.495. The first-order valence-corrected chi connectivity index (χ1v) is 5.63. The first kappa shape index (κ1) is 13.0. The number of esters is 1. The maximum atomic E-state index is 13.3. The molecular weight excluding hydrogens is 231 g/mol. The van der Waals surface area contributed by atoms with Crippen LogP contribution < -0.4 is 0 Å². The van der Waals surface area contributed by atoms with E-state index >= 15 is 0 Å². The fourth-order valence-electron chi connectivity index (χ4n) is 1.36. The van der Waals surface area contributed by atoms with Crippen LogP contribution in [0.3, 0.4) is 0 Å². The first-order valence-electron chi connectivity index (χ1n) is 5.19. The van der Waals surface area contributed by atoms with E-state index in [-0.39, 0.29) is 18.2 Å². The summed E-state index contributed by atoms with van der Waals surface area (Å²) in [6, 6.07) is 6.30. The molecule has 16 heavy (non-hydrogen) atoms. The van der Waals surface area contributed by atoms with E-state index in [1.807, 2.05) is 0 Å². The van der Waals surface area contributed by atoms with E-state index in [4.69, 9.17) is 16.3 Å². The Bertz CT molecular complexity index is 355. The second-order valence-corrected chi connectivity index (χ2v) is 3.86. The van der Waals surface area contributed by atoms with Gasteiger partial charge in [-0.1, -0.05) is 18.2 Å². The van der Waals surface area contributed by atoms with Crippen molar-refractivity contribution >= 4 is 17.6 Å². The van der Waals surface area contributed by atoms with Gasteiger partial charge in [0.2, 0.25) is 0 Å². The van der Waals surface area contributed by atoms with Gasteiger partial charge in [0.1, 0.15) is 5.82 Å². The van der Waals surface area contributed by atoms with Crippen LogP contribution >= 0.6 is 11.6 Å². The smallest absolute Gasteiger partial charge is 0.305 e. The Hall–Kier alpha value is -1.09. The predicted molar refractivity (Wildman–Crippen MR) is 60.9 cm³/mol. The van der Waals surface area contributed by atoms with E-state index in [0.717, 1.165) is 0 Å². The minimum Gasteiger partial charge on any atom is -0.466 e. The summed E-state index contributed by atoms with van der Waals surface area (Å²) in [6.07, 6.45) is 0.581. The number of carbonyl (C=O) groups excluding carboxylic acids is 1. The van der Waals surface area contributed by atoms with E-state index < -0.39 is 5.38 Å². The van der Waals surface area contributed by atoms with E-state index in [9.17, 15) is 9.18 Å². The van der Waals surface area contributed by atoms with Gasteiger partial charge < -0.3 is 4.74 Å². The number of rotatable bonds is 5. The van der Waals surface area contributed by atoms with Crippen molar-refractivity contribution in [3.8, 4) is 0 Å². The Morgan fingerprint density at radius 1 is 1.50 bits per heavy atom. The monoisotopic (exact) mass is 244 g/mol. The van der Waals surface area contributed by atoms with Gasteiger partial charge in [-0.2, -0.15) is 0 Å². The molecule has 0 bridgehead atoms. The average Bonchev–Trinajstić information content (AvgIpc) is 2.27. The van der Waals surface area contributed by atoms with Crippen LogP contribution in [0, 0.1) is 5.82 Å². The number of ether oxygens (including phenoxy) is 1. The van der Waals surface area contributed by atoms with Crippen LogP contribution in [0.1, 0.15) is 30.7 Å². The quantitative estimate of drug-likeness (QED) is 0.586. The van der Waals surface area contributed by atoms with Crippen molar-refractivity contribution < 1.29 is 13.9 Å². The Kier molecular flexibility index (Phi) is 5.26. The van der Waals surface area contributed by atoms with Crippen LogP contribution in [0.2, 0.25) is 0 Å². The molecule has 1 rings (SSSR count). The third-order valence-electron chi connectivity index (χ3n) is 2.15. The summed E-state index contributed by atoms with van der Waals surface area (Å²) < 4.78 is 18.1. The number of hydrogen-bond donors (Lipinski definition) is 0. The van der Waals surface area contributed by atoms with Crippen molar-refractivity contribution in [3.63, 3.8) is 0 Å². The van der Waals surface area contributed by atoms with Crippen molar-refractivity contribution in [1.82, 2.24) is 0 Å². The summed E-state index contributed by atoms with van der Waals surface area (Å²) in [7, 11) is 0. The molecule has 1 aromatic rings. The molecule has 1 atom stereocenters. The van der Waals surface area contributed by atoms with Crippen LogP contribution in [0.4, 0.5) is 4.39 Å². The highest BCUT2D eigenvalue weighted by atomic mass is 35.5. The SMILES string of the molecule is CCOC(=O)CCC(Cl)c1ccccc1F. The van der Waals surface area contributed by atoms with Gasteiger partial charge in [0, 0.05) is 12.0 Å². The molecule has 1 aromatic carbocycles. The molecule has 4 heteroatoms. The van der Waals surface area contributed by atoms with Crippen molar-refractivity contribution in [3.05, 3.63) is 35.6 Å². The second-order valence-electron chi connectivity index (χ2n) is 3.33. The maximum Gasteiger partial charge on any atom is 0.305 e. The molecule has 0 aliphatic heterocycles. The first-order chi connectivity index (χ1) is 7.65. The Morgan fingerprint density at radius 2 is 2.19 bits per heavy atom. The molecule has 0 saturated heterocycles. The lowest BCUT2D eigenvalue weighted by molar-refractivity contribution is -0.143. The van der Waals surface area contributed by atoms with Crippen LogP contribution in [0.5, 0.6) is 0 Å². The Labute approximate surface area is 99.4 Å². The zero-order chi connectivity index (χ0) is 12.0. The van der Waals surface area contributed by atoms with Crippen molar-refractivity contribution in [2.45, 2.75) is 25.1 Å². The number of benzene rings is 1. The van der Waals surface area contributed by atoms with Crippen molar-refractivity contribution in [2.75, 3.05) is 6.61 Å². The highest BCUT2D eigenvalue weighted by Crippen LogP contribution is 2.27. The van der Waals surface area contributed by atoms with Gasteiger partial charge in [0.25, 0.3) is 0 Å². The van der Waals surface area contributed by atoms with Gasteiger partial charge >= 0.3 is 5.97 Å². The molecule has 0 radical (unpaired) electrons. The van der Waals surface area contributed by atoms with Gasteiger partial charge in [0.15, 0.2) is 0 Å². The standard InChI is InChI=1S/C12H14ClFO2/c1-2-16-12(15)8-7-10(13)9-5-3-4-6-11(9)14/h3-6,10H,2,7-8H2,1H3. The minimum absolute atomic E-state index is 0.205. The number of alkyl halides is 1. The summed E-state index contributed by atoms with van der Waals surface area (Å²) >= 11 is 6.01. The lowest BCUT2D eigenvalue weighted by Gasteiger charge is -2.10. The van der Waals surface area contributed by atoms with E-state index in [1.165, 1.54) is 6.07 Å². The Balaban J connectivity index is 2.50. The molecule has 0 spiro atoms. The molecule has 1 unspecified atom stereocenters. The molecule has 0 N–H and O–H groups in total. The van der Waals surface area contributed by atoms with Gasteiger partial charge in [-0.25, -0.2) is 4.39 Å². The molecule has 0 aliphatic rings. The summed E-state index contributed by atoms with van der Waals surface area (Å²) in [5, 5.41) is -0.495. The number of carbonyl (C=O) groups is 1. The zero-order valence-electron chi connectivity index (χ0n) is 9.08. The normalized spacial score (nSPS) is 12.2. The fourth-order valence-corrected chi connectivity index (χ4v) is 1.65. The highest BCUT2D eigenvalue weighted by Gasteiger charge is 2.14. The molecular formula is C12H14ClFO2. The number of halogens is 2. The molecule has 0 aliphatic carbocycles. The van der Waals surface area contributed by atoms with Crippen LogP contribution in [0.15, 0.2) is 24.3 Å². The van der Waals surface area contributed by atoms with Gasteiger partial charge in [-0.05, 0) is 19.4 Å². The van der Waals surface area contributed by atoms with Gasteiger partial charge in [-0.15, -0.1) is 11.6 Å². The summed E-state index contributed by atoms with van der Waals surface area (Å²) in [4.78, 5) is 11.1. The van der Waals surface area contributed by atoms with Crippen LogP contribution in [-0.4, -0.2) is 12.6 Å². The van der Waals surface area contributed by atoms with E-state index in [1.54, 1.807) is 25.1 Å². The van der Waals surface area contributed by atoms with Gasteiger partial charge in [0.05, 0.1) is 12.0 Å². The zero-order valence-corrected chi connectivity index (χ0v) is 9.84. The Morgan fingerprint density at radius 3 is 2.81 bits per heavy atom. The topological polar surface area (TPSA) is 26.3 Å². The van der Waals surface area contributed by atoms with Crippen molar-refractivity contribution in [1.29, 1.82) is 0 Å². The van der Waals surface area contributed by atoms with E-state index in [0.29, 0.717) is 18.6 Å². The fraction of sp³-hybridized carbons (Fsp3) is 0.417. The second kappa shape index (κ2) is 6.48. The molecule has 88 valence electrons.